The summed E-state index contributed by atoms with van der Waals surface area (Å²) < 4.78 is 0. The average molecular weight is 248 g/mol. The lowest BCUT2D eigenvalue weighted by molar-refractivity contribution is -0.139. The molecule has 0 fully saturated rings. The van der Waals surface area contributed by atoms with Crippen molar-refractivity contribution < 1.29 is 9.90 Å². The van der Waals surface area contributed by atoms with E-state index in [1.807, 2.05) is 31.2 Å². The number of hydrogen-bond donors (Lipinski definition) is 1. The van der Waals surface area contributed by atoms with Gasteiger partial charge in [0.05, 0.1) is 5.92 Å². The molecule has 2 nitrogen and oxygen atoms in total. The Bertz CT molecular complexity index is 396. The minimum Gasteiger partial charge on any atom is -0.481 e. The lowest BCUT2D eigenvalue weighted by Gasteiger charge is -2.20. The number of benzene rings is 1. The van der Waals surface area contributed by atoms with Gasteiger partial charge in [0.25, 0.3) is 0 Å². The van der Waals surface area contributed by atoms with Crippen molar-refractivity contribution in [1.82, 2.24) is 0 Å². The highest BCUT2D eigenvalue weighted by atomic mass is 16.4. The summed E-state index contributed by atoms with van der Waals surface area (Å²) in [5, 5.41) is 9.43. The number of hydrogen-bond acceptors (Lipinski definition) is 1. The second-order valence-corrected chi connectivity index (χ2v) is 5.72. The van der Waals surface area contributed by atoms with Gasteiger partial charge in [-0.2, -0.15) is 0 Å². The van der Waals surface area contributed by atoms with E-state index in [-0.39, 0.29) is 5.92 Å². The normalized spacial score (nSPS) is 14.5. The molecule has 0 amide bonds. The van der Waals surface area contributed by atoms with Crippen LogP contribution in [0.4, 0.5) is 0 Å². The van der Waals surface area contributed by atoms with Crippen molar-refractivity contribution in [3.05, 3.63) is 35.4 Å². The van der Waals surface area contributed by atoms with E-state index in [9.17, 15) is 9.90 Å². The molecule has 2 heteroatoms. The molecule has 1 aromatic carbocycles. The highest BCUT2D eigenvalue weighted by Crippen LogP contribution is 2.29. The number of rotatable bonds is 6. The van der Waals surface area contributed by atoms with Gasteiger partial charge in [0.15, 0.2) is 0 Å². The van der Waals surface area contributed by atoms with Gasteiger partial charge >= 0.3 is 5.97 Å². The molecule has 18 heavy (non-hydrogen) atoms. The highest BCUT2D eigenvalue weighted by molar-refractivity contribution is 5.76. The van der Waals surface area contributed by atoms with Crippen LogP contribution < -0.4 is 0 Å². The van der Waals surface area contributed by atoms with Gasteiger partial charge in [0.1, 0.15) is 0 Å². The summed E-state index contributed by atoms with van der Waals surface area (Å²) in [5.74, 6) is -0.0307. The maximum Gasteiger partial charge on any atom is 0.310 e. The molecule has 100 valence electrons. The van der Waals surface area contributed by atoms with E-state index in [1.54, 1.807) is 0 Å². The summed E-state index contributed by atoms with van der Waals surface area (Å²) in [6, 6.07) is 7.80. The van der Waals surface area contributed by atoms with E-state index in [0.717, 1.165) is 24.0 Å². The van der Waals surface area contributed by atoms with Crippen LogP contribution in [0, 0.1) is 18.8 Å². The third-order valence-corrected chi connectivity index (χ3v) is 3.37. The zero-order valence-corrected chi connectivity index (χ0v) is 11.8. The number of carboxylic acid groups (broad SMARTS) is 1. The monoisotopic (exact) mass is 248 g/mol. The van der Waals surface area contributed by atoms with Crippen molar-refractivity contribution in [2.24, 2.45) is 11.8 Å². The van der Waals surface area contributed by atoms with Crippen molar-refractivity contribution in [2.75, 3.05) is 0 Å². The fourth-order valence-corrected chi connectivity index (χ4v) is 2.64. The Morgan fingerprint density at radius 3 is 2.28 bits per heavy atom. The second-order valence-electron chi connectivity index (χ2n) is 5.72. The summed E-state index contributed by atoms with van der Waals surface area (Å²) in [4.78, 5) is 11.5. The molecule has 0 aromatic heterocycles. The summed E-state index contributed by atoms with van der Waals surface area (Å²) in [5.41, 5.74) is 2.03. The first-order chi connectivity index (χ1) is 8.41. The second kappa shape index (κ2) is 6.58. The fourth-order valence-electron chi connectivity index (χ4n) is 2.64. The largest absolute Gasteiger partial charge is 0.481 e. The Morgan fingerprint density at radius 1 is 1.17 bits per heavy atom. The smallest absolute Gasteiger partial charge is 0.310 e. The van der Waals surface area contributed by atoms with Crippen molar-refractivity contribution in [1.29, 1.82) is 0 Å². The summed E-state index contributed by atoms with van der Waals surface area (Å²) in [6.45, 7) is 8.49. The number of carboxylic acids is 1. The van der Waals surface area contributed by atoms with Gasteiger partial charge in [-0.15, -0.1) is 0 Å². The molecule has 0 heterocycles. The van der Waals surface area contributed by atoms with Crippen molar-refractivity contribution in [3.63, 3.8) is 0 Å². The minimum absolute atomic E-state index is 0.375. The molecule has 0 aliphatic heterocycles. The molecule has 1 N–H and O–H groups in total. The van der Waals surface area contributed by atoms with Crippen LogP contribution in [0.25, 0.3) is 0 Å². The van der Waals surface area contributed by atoms with Crippen LogP contribution in [0.3, 0.4) is 0 Å². The van der Waals surface area contributed by atoms with Crippen molar-refractivity contribution in [3.8, 4) is 0 Å². The number of aryl methyl sites for hydroxylation is 1. The number of aliphatic carboxylic acids is 1. The molecule has 1 aromatic rings. The lowest BCUT2D eigenvalue weighted by atomic mass is 9.84. The van der Waals surface area contributed by atoms with Crippen LogP contribution in [0.2, 0.25) is 0 Å². The summed E-state index contributed by atoms with van der Waals surface area (Å²) in [7, 11) is 0. The van der Waals surface area contributed by atoms with Gasteiger partial charge in [0, 0.05) is 0 Å². The molecule has 0 aliphatic carbocycles. The average Bonchev–Trinajstić information content (AvgIpc) is 2.25. The Hall–Kier alpha value is -1.31. The molecule has 0 bridgehead atoms. The van der Waals surface area contributed by atoms with Gasteiger partial charge in [-0.25, -0.2) is 0 Å². The van der Waals surface area contributed by atoms with Gasteiger partial charge in [-0.1, -0.05) is 45.0 Å². The maximum absolute atomic E-state index is 11.5. The first kappa shape index (κ1) is 14.7. The first-order valence-electron chi connectivity index (χ1n) is 6.70. The van der Waals surface area contributed by atoms with E-state index in [0.29, 0.717) is 11.8 Å². The van der Waals surface area contributed by atoms with Gasteiger partial charge < -0.3 is 5.11 Å². The van der Waals surface area contributed by atoms with Gasteiger partial charge in [-0.05, 0) is 42.7 Å². The van der Waals surface area contributed by atoms with Crippen LogP contribution >= 0.6 is 0 Å². The van der Waals surface area contributed by atoms with E-state index in [1.165, 1.54) is 0 Å². The Morgan fingerprint density at radius 2 is 1.78 bits per heavy atom. The van der Waals surface area contributed by atoms with Crippen LogP contribution in [0.15, 0.2) is 24.3 Å². The van der Waals surface area contributed by atoms with Crippen LogP contribution in [-0.2, 0) is 4.79 Å². The van der Waals surface area contributed by atoms with E-state index >= 15 is 0 Å². The Labute approximate surface area is 110 Å². The highest BCUT2D eigenvalue weighted by Gasteiger charge is 2.23. The summed E-state index contributed by atoms with van der Waals surface area (Å²) in [6.07, 6.45) is 1.80. The van der Waals surface area contributed by atoms with Crippen LogP contribution in [-0.4, -0.2) is 11.1 Å². The van der Waals surface area contributed by atoms with Gasteiger partial charge in [-0.3, -0.25) is 4.79 Å². The molecular weight excluding hydrogens is 224 g/mol. The van der Waals surface area contributed by atoms with E-state index in [4.69, 9.17) is 0 Å². The standard InChI is InChI=1S/C16H24O2/c1-11(2)9-12(3)10-15(16(17)18)14-8-6-5-7-13(14)4/h5-8,11-12,15H,9-10H2,1-4H3,(H,17,18). The predicted octanol–water partition coefficient (Wildman–Crippen LogP) is 4.24. The molecular formula is C16H24O2. The quantitative estimate of drug-likeness (QED) is 0.817. The van der Waals surface area contributed by atoms with E-state index in [2.05, 4.69) is 20.8 Å². The molecule has 0 saturated heterocycles. The molecule has 0 radical (unpaired) electrons. The van der Waals surface area contributed by atoms with Crippen LogP contribution in [0.1, 0.15) is 50.7 Å². The SMILES string of the molecule is Cc1ccccc1C(CC(C)CC(C)C)C(=O)O. The third-order valence-electron chi connectivity index (χ3n) is 3.37. The Balaban J connectivity index is 2.84. The van der Waals surface area contributed by atoms with Gasteiger partial charge in [0.2, 0.25) is 0 Å². The first-order valence-corrected chi connectivity index (χ1v) is 6.70. The van der Waals surface area contributed by atoms with Crippen LogP contribution in [0.5, 0.6) is 0 Å². The van der Waals surface area contributed by atoms with E-state index < -0.39 is 5.97 Å². The molecule has 0 saturated carbocycles. The molecule has 2 unspecified atom stereocenters. The van der Waals surface area contributed by atoms with Crippen molar-refractivity contribution >= 4 is 5.97 Å². The predicted molar refractivity (Wildman–Crippen MR) is 74.8 cm³/mol. The maximum atomic E-state index is 11.5. The third kappa shape index (κ3) is 4.17. The molecule has 0 spiro atoms. The van der Waals surface area contributed by atoms with Crippen molar-refractivity contribution in [2.45, 2.75) is 46.5 Å². The fraction of sp³-hybridized carbons (Fsp3) is 0.562. The molecule has 2 atom stereocenters. The lowest BCUT2D eigenvalue weighted by Crippen LogP contribution is -2.17. The number of carbonyl (C=O) groups is 1. The molecule has 0 aliphatic rings. The topological polar surface area (TPSA) is 37.3 Å². The Kier molecular flexibility index (Phi) is 5.39. The summed E-state index contributed by atoms with van der Waals surface area (Å²) >= 11 is 0. The zero-order valence-electron chi connectivity index (χ0n) is 11.8. The zero-order chi connectivity index (χ0) is 13.7. The minimum atomic E-state index is -0.708. The molecule has 1 rings (SSSR count).